The number of rotatable bonds is 1. The Labute approximate surface area is 120 Å². The number of hydrogen-bond donors (Lipinski definition) is 1. The van der Waals surface area contributed by atoms with Gasteiger partial charge in [0.1, 0.15) is 5.82 Å². The van der Waals surface area contributed by atoms with Gasteiger partial charge in [0.05, 0.1) is 15.8 Å². The van der Waals surface area contributed by atoms with Crippen LogP contribution in [0.2, 0.25) is 0 Å². The summed E-state index contributed by atoms with van der Waals surface area (Å²) in [4.78, 5) is 15.2. The van der Waals surface area contributed by atoms with Crippen LogP contribution in [0, 0.1) is 5.82 Å². The van der Waals surface area contributed by atoms with E-state index < -0.39 is 0 Å². The van der Waals surface area contributed by atoms with Gasteiger partial charge in [-0.25, -0.2) is 4.39 Å². The molecule has 1 saturated heterocycles. The SMILES string of the molecule is CC(=O)N1CCCN(c2cc(F)c(Br)cc2N)CC1. The minimum atomic E-state index is -0.322. The summed E-state index contributed by atoms with van der Waals surface area (Å²) in [5, 5.41) is 0. The second-order valence-corrected chi connectivity index (χ2v) is 5.53. The average molecular weight is 330 g/mol. The lowest BCUT2D eigenvalue weighted by molar-refractivity contribution is -0.128. The zero-order valence-corrected chi connectivity index (χ0v) is 12.4. The van der Waals surface area contributed by atoms with Gasteiger partial charge in [-0.05, 0) is 28.4 Å². The molecule has 1 aromatic rings. The van der Waals surface area contributed by atoms with E-state index in [1.807, 2.05) is 9.80 Å². The fourth-order valence-corrected chi connectivity index (χ4v) is 2.66. The third-order valence-corrected chi connectivity index (χ3v) is 3.96. The van der Waals surface area contributed by atoms with Crippen LogP contribution in [-0.4, -0.2) is 37.0 Å². The molecule has 1 aliphatic rings. The molecule has 1 heterocycles. The molecule has 0 unspecified atom stereocenters. The molecule has 0 saturated carbocycles. The van der Waals surface area contributed by atoms with Gasteiger partial charge in [-0.1, -0.05) is 0 Å². The Morgan fingerprint density at radius 2 is 2.05 bits per heavy atom. The highest BCUT2D eigenvalue weighted by Crippen LogP contribution is 2.30. The Hall–Kier alpha value is -1.30. The number of nitrogens with two attached hydrogens (primary N) is 1. The monoisotopic (exact) mass is 329 g/mol. The van der Waals surface area contributed by atoms with Crippen molar-refractivity contribution < 1.29 is 9.18 Å². The van der Waals surface area contributed by atoms with Crippen LogP contribution in [0.1, 0.15) is 13.3 Å². The summed E-state index contributed by atoms with van der Waals surface area (Å²) in [6.07, 6.45) is 0.858. The first-order valence-corrected chi connectivity index (χ1v) is 7.03. The molecular weight excluding hydrogens is 313 g/mol. The lowest BCUT2D eigenvalue weighted by atomic mass is 10.2. The maximum absolute atomic E-state index is 13.6. The molecule has 104 valence electrons. The molecule has 19 heavy (non-hydrogen) atoms. The highest BCUT2D eigenvalue weighted by Gasteiger charge is 2.19. The fraction of sp³-hybridized carbons (Fsp3) is 0.462. The van der Waals surface area contributed by atoms with E-state index in [1.165, 1.54) is 6.07 Å². The molecule has 0 spiro atoms. The van der Waals surface area contributed by atoms with E-state index in [1.54, 1.807) is 13.0 Å². The minimum Gasteiger partial charge on any atom is -0.397 e. The Balaban J connectivity index is 2.18. The Kier molecular flexibility index (Phi) is 4.29. The van der Waals surface area contributed by atoms with Crippen molar-refractivity contribution in [3.05, 3.63) is 22.4 Å². The van der Waals surface area contributed by atoms with Gasteiger partial charge in [0, 0.05) is 39.2 Å². The van der Waals surface area contributed by atoms with Crippen LogP contribution in [0.3, 0.4) is 0 Å². The van der Waals surface area contributed by atoms with Crippen LogP contribution in [0.15, 0.2) is 16.6 Å². The number of amides is 1. The number of nitrogen functional groups attached to an aromatic ring is 1. The molecule has 1 fully saturated rings. The van der Waals surface area contributed by atoms with Crippen LogP contribution in [0.4, 0.5) is 15.8 Å². The summed E-state index contributed by atoms with van der Waals surface area (Å²) in [7, 11) is 0. The number of halogens is 2. The topological polar surface area (TPSA) is 49.6 Å². The van der Waals surface area contributed by atoms with Gasteiger partial charge >= 0.3 is 0 Å². The van der Waals surface area contributed by atoms with E-state index in [4.69, 9.17) is 5.73 Å². The summed E-state index contributed by atoms with van der Waals surface area (Å²) < 4.78 is 14.0. The zero-order chi connectivity index (χ0) is 14.0. The Bertz CT molecular complexity index is 495. The number of anilines is 2. The van der Waals surface area contributed by atoms with Gasteiger partial charge < -0.3 is 15.5 Å². The number of nitrogens with zero attached hydrogens (tertiary/aromatic N) is 2. The average Bonchev–Trinajstić information content (AvgIpc) is 2.59. The van der Waals surface area contributed by atoms with E-state index >= 15 is 0 Å². The third kappa shape index (κ3) is 3.18. The van der Waals surface area contributed by atoms with E-state index in [9.17, 15) is 9.18 Å². The predicted molar refractivity (Wildman–Crippen MR) is 77.6 cm³/mol. The summed E-state index contributed by atoms with van der Waals surface area (Å²) in [6.45, 7) is 4.40. The second kappa shape index (κ2) is 5.77. The molecule has 0 atom stereocenters. The van der Waals surface area contributed by atoms with Crippen LogP contribution in [0.25, 0.3) is 0 Å². The Morgan fingerprint density at radius 1 is 1.32 bits per heavy atom. The van der Waals surface area contributed by atoms with Crippen molar-refractivity contribution >= 4 is 33.2 Å². The molecule has 1 aliphatic heterocycles. The van der Waals surface area contributed by atoms with Crippen molar-refractivity contribution in [3.8, 4) is 0 Å². The van der Waals surface area contributed by atoms with Crippen molar-refractivity contribution in [2.24, 2.45) is 0 Å². The van der Waals surface area contributed by atoms with Crippen LogP contribution in [0.5, 0.6) is 0 Å². The first-order valence-electron chi connectivity index (χ1n) is 6.24. The largest absolute Gasteiger partial charge is 0.397 e. The summed E-state index contributed by atoms with van der Waals surface area (Å²) in [6, 6.07) is 3.03. The molecule has 0 radical (unpaired) electrons. The molecule has 0 aliphatic carbocycles. The first kappa shape index (κ1) is 14.1. The van der Waals surface area contributed by atoms with Crippen molar-refractivity contribution in [3.63, 3.8) is 0 Å². The van der Waals surface area contributed by atoms with Crippen LogP contribution < -0.4 is 10.6 Å². The first-order chi connectivity index (χ1) is 8.99. The number of benzene rings is 1. The van der Waals surface area contributed by atoms with Gasteiger partial charge in [-0.3, -0.25) is 4.79 Å². The number of hydrogen-bond acceptors (Lipinski definition) is 3. The van der Waals surface area contributed by atoms with E-state index in [0.717, 1.165) is 19.5 Å². The molecule has 2 rings (SSSR count). The van der Waals surface area contributed by atoms with Gasteiger partial charge in [0.2, 0.25) is 5.91 Å². The zero-order valence-electron chi connectivity index (χ0n) is 10.8. The standard InChI is InChI=1S/C13H17BrFN3O/c1-9(19)17-3-2-4-18(6-5-17)13-8-11(15)10(14)7-12(13)16/h7-8H,2-6,16H2,1H3. The minimum absolute atomic E-state index is 0.0804. The highest BCUT2D eigenvalue weighted by atomic mass is 79.9. The van der Waals surface area contributed by atoms with Crippen molar-refractivity contribution in [1.29, 1.82) is 0 Å². The highest BCUT2D eigenvalue weighted by molar-refractivity contribution is 9.10. The summed E-state index contributed by atoms with van der Waals surface area (Å²) in [5.74, 6) is -0.242. The van der Waals surface area contributed by atoms with Gasteiger partial charge in [-0.2, -0.15) is 0 Å². The van der Waals surface area contributed by atoms with E-state index in [-0.39, 0.29) is 11.7 Å². The lowest BCUT2D eigenvalue weighted by Crippen LogP contribution is -2.33. The van der Waals surface area contributed by atoms with Crippen molar-refractivity contribution in [1.82, 2.24) is 4.90 Å². The molecule has 1 amide bonds. The number of carbonyl (C=O) groups excluding carboxylic acids is 1. The summed E-state index contributed by atoms with van der Waals surface area (Å²) in [5.41, 5.74) is 7.19. The van der Waals surface area contributed by atoms with E-state index in [2.05, 4.69) is 15.9 Å². The molecule has 0 aromatic heterocycles. The van der Waals surface area contributed by atoms with Crippen molar-refractivity contribution in [2.75, 3.05) is 36.8 Å². The molecule has 2 N–H and O–H groups in total. The maximum atomic E-state index is 13.6. The molecule has 4 nitrogen and oxygen atoms in total. The lowest BCUT2D eigenvalue weighted by Gasteiger charge is -2.25. The third-order valence-electron chi connectivity index (χ3n) is 3.35. The van der Waals surface area contributed by atoms with Crippen molar-refractivity contribution in [2.45, 2.75) is 13.3 Å². The van der Waals surface area contributed by atoms with Gasteiger partial charge in [-0.15, -0.1) is 0 Å². The molecular formula is C13H17BrFN3O. The quantitative estimate of drug-likeness (QED) is 0.804. The van der Waals surface area contributed by atoms with Crippen LogP contribution >= 0.6 is 15.9 Å². The number of carbonyl (C=O) groups is 1. The Morgan fingerprint density at radius 3 is 2.74 bits per heavy atom. The fourth-order valence-electron chi connectivity index (χ4n) is 2.30. The van der Waals surface area contributed by atoms with E-state index in [0.29, 0.717) is 28.9 Å². The van der Waals surface area contributed by atoms with Gasteiger partial charge in [0.15, 0.2) is 0 Å². The van der Waals surface area contributed by atoms with Crippen LogP contribution in [-0.2, 0) is 4.79 Å². The maximum Gasteiger partial charge on any atom is 0.219 e. The smallest absolute Gasteiger partial charge is 0.219 e. The normalized spacial score (nSPS) is 16.4. The predicted octanol–water partition coefficient (Wildman–Crippen LogP) is 2.23. The molecule has 0 bridgehead atoms. The molecule has 1 aromatic carbocycles. The second-order valence-electron chi connectivity index (χ2n) is 4.67. The molecule has 6 heteroatoms. The van der Waals surface area contributed by atoms with Gasteiger partial charge in [0.25, 0.3) is 0 Å². The summed E-state index contributed by atoms with van der Waals surface area (Å²) >= 11 is 3.12.